The van der Waals surface area contributed by atoms with Gasteiger partial charge in [-0.15, -0.1) is 0 Å². The van der Waals surface area contributed by atoms with Crippen LogP contribution in [0.25, 0.3) is 0 Å². The van der Waals surface area contributed by atoms with Crippen molar-refractivity contribution in [2.45, 2.75) is 44.1 Å². The Morgan fingerprint density at radius 1 is 1.57 bits per heavy atom. The molecule has 23 heavy (non-hydrogen) atoms. The number of rotatable bonds is 2. The third-order valence-electron chi connectivity index (χ3n) is 4.70. The van der Waals surface area contributed by atoms with Crippen LogP contribution in [-0.4, -0.2) is 36.2 Å². The van der Waals surface area contributed by atoms with Crippen LogP contribution in [0.1, 0.15) is 30.4 Å². The zero-order valence-electron chi connectivity index (χ0n) is 12.9. The number of aliphatic hydroxyl groups excluding tert-OH is 1. The number of amides is 1. The van der Waals surface area contributed by atoms with Crippen molar-refractivity contribution in [2.24, 2.45) is 0 Å². The number of carbonyl (C=O) groups excluding carboxylic acids is 1. The molecule has 1 N–H and O–H groups in total. The lowest BCUT2D eigenvalue weighted by Crippen LogP contribution is -2.51. The molecule has 6 nitrogen and oxygen atoms in total. The van der Waals surface area contributed by atoms with Crippen LogP contribution >= 0.6 is 11.6 Å². The van der Waals surface area contributed by atoms with E-state index in [0.29, 0.717) is 34.7 Å². The van der Waals surface area contributed by atoms with Gasteiger partial charge in [-0.3, -0.25) is 0 Å². The highest BCUT2D eigenvalue weighted by molar-refractivity contribution is 6.33. The number of benzene rings is 1. The number of carbonyl (C=O) groups is 1. The second kappa shape index (κ2) is 5.68. The molecule has 1 aliphatic carbocycles. The molecule has 1 aromatic rings. The minimum absolute atomic E-state index is 0.292. The Morgan fingerprint density at radius 2 is 2.30 bits per heavy atom. The molecular formula is C16H17ClN2O4. The summed E-state index contributed by atoms with van der Waals surface area (Å²) in [6.45, 7) is 1.73. The van der Waals surface area contributed by atoms with Gasteiger partial charge in [-0.05, 0) is 43.9 Å². The topological polar surface area (TPSA) is 82.8 Å². The average Bonchev–Trinajstić information content (AvgIpc) is 3.03. The number of hydrogen-bond donors (Lipinski definition) is 1. The van der Waals surface area contributed by atoms with Gasteiger partial charge in [0.2, 0.25) is 0 Å². The number of nitriles is 1. The molecule has 1 saturated heterocycles. The van der Waals surface area contributed by atoms with Gasteiger partial charge in [0.05, 0.1) is 22.4 Å². The van der Waals surface area contributed by atoms with Gasteiger partial charge in [0.15, 0.2) is 11.8 Å². The van der Waals surface area contributed by atoms with Crippen molar-refractivity contribution in [3.63, 3.8) is 0 Å². The van der Waals surface area contributed by atoms with Crippen molar-refractivity contribution >= 4 is 23.4 Å². The summed E-state index contributed by atoms with van der Waals surface area (Å²) in [5.41, 5.74) is 0.389. The summed E-state index contributed by atoms with van der Waals surface area (Å²) in [6.07, 6.45) is -0.228. The largest absolute Gasteiger partial charge is 0.435 e. The molecule has 3 atom stereocenters. The molecule has 2 aliphatic rings. The van der Waals surface area contributed by atoms with Crippen LogP contribution in [0.4, 0.5) is 10.5 Å². The number of halogens is 1. The molecule has 2 fully saturated rings. The van der Waals surface area contributed by atoms with E-state index in [9.17, 15) is 9.90 Å². The number of methoxy groups -OCH3 is 1. The minimum atomic E-state index is -1.06. The summed E-state index contributed by atoms with van der Waals surface area (Å²) in [6, 6.07) is 5.21. The number of hydrogen-bond acceptors (Lipinski definition) is 5. The third kappa shape index (κ3) is 2.19. The summed E-state index contributed by atoms with van der Waals surface area (Å²) >= 11 is 6.20. The number of anilines is 1. The first-order valence-corrected chi connectivity index (χ1v) is 7.76. The zero-order valence-corrected chi connectivity index (χ0v) is 13.6. The Hall–Kier alpha value is -1.81. The molecule has 1 aromatic carbocycles. The van der Waals surface area contributed by atoms with E-state index in [2.05, 4.69) is 0 Å². The maximum atomic E-state index is 12.5. The Bertz CT molecular complexity index is 702. The van der Waals surface area contributed by atoms with Crippen molar-refractivity contribution in [3.05, 3.63) is 28.3 Å². The van der Waals surface area contributed by atoms with Crippen molar-refractivity contribution < 1.29 is 19.4 Å². The molecule has 1 amide bonds. The molecule has 0 bridgehead atoms. The van der Waals surface area contributed by atoms with E-state index in [0.717, 1.165) is 6.42 Å². The summed E-state index contributed by atoms with van der Waals surface area (Å²) < 4.78 is 11.1. The summed E-state index contributed by atoms with van der Waals surface area (Å²) in [5, 5.41) is 19.7. The SMILES string of the molecule is CO[C@@H]1N(c2ccc(C#N)c(Cl)c2C)C(=O)O[C@]12CCC[C@@H]2O. The van der Waals surface area contributed by atoms with Crippen LogP contribution in [0.5, 0.6) is 0 Å². The van der Waals surface area contributed by atoms with E-state index < -0.39 is 24.0 Å². The molecule has 1 spiro atoms. The van der Waals surface area contributed by atoms with Crippen LogP contribution in [0.3, 0.4) is 0 Å². The summed E-state index contributed by atoms with van der Waals surface area (Å²) in [4.78, 5) is 13.8. The second-order valence-electron chi connectivity index (χ2n) is 5.87. The fourth-order valence-electron chi connectivity index (χ4n) is 3.52. The van der Waals surface area contributed by atoms with E-state index in [1.54, 1.807) is 19.1 Å². The Kier molecular flexibility index (Phi) is 3.96. The molecule has 1 aliphatic heterocycles. The fourth-order valence-corrected chi connectivity index (χ4v) is 3.72. The van der Waals surface area contributed by atoms with Gasteiger partial charge >= 0.3 is 6.09 Å². The van der Waals surface area contributed by atoms with Gasteiger partial charge in [-0.1, -0.05) is 11.6 Å². The predicted molar refractivity (Wildman–Crippen MR) is 83.2 cm³/mol. The molecule has 1 saturated carbocycles. The molecule has 3 rings (SSSR count). The predicted octanol–water partition coefficient (Wildman–Crippen LogP) is 2.73. The maximum absolute atomic E-state index is 12.5. The fraction of sp³-hybridized carbons (Fsp3) is 0.500. The number of nitrogens with zero attached hydrogens (tertiary/aromatic N) is 2. The number of aliphatic hydroxyl groups is 1. The van der Waals surface area contributed by atoms with E-state index in [1.165, 1.54) is 12.0 Å². The van der Waals surface area contributed by atoms with Crippen molar-refractivity contribution in [1.29, 1.82) is 5.26 Å². The lowest BCUT2D eigenvalue weighted by Gasteiger charge is -2.33. The second-order valence-corrected chi connectivity index (χ2v) is 6.25. The van der Waals surface area contributed by atoms with Crippen LogP contribution in [0, 0.1) is 18.3 Å². The van der Waals surface area contributed by atoms with E-state index in [1.807, 2.05) is 6.07 Å². The summed E-state index contributed by atoms with van der Waals surface area (Å²) in [7, 11) is 1.48. The van der Waals surface area contributed by atoms with Gasteiger partial charge in [-0.25, -0.2) is 9.69 Å². The van der Waals surface area contributed by atoms with Crippen LogP contribution in [0.15, 0.2) is 12.1 Å². The van der Waals surface area contributed by atoms with Gasteiger partial charge in [0.1, 0.15) is 6.07 Å². The first-order chi connectivity index (χ1) is 11.0. The molecule has 0 aromatic heterocycles. The lowest BCUT2D eigenvalue weighted by atomic mass is 9.96. The maximum Gasteiger partial charge on any atom is 0.417 e. The summed E-state index contributed by atoms with van der Waals surface area (Å²) in [5.74, 6) is 0. The number of ether oxygens (including phenoxy) is 2. The van der Waals surface area contributed by atoms with E-state index >= 15 is 0 Å². The highest BCUT2D eigenvalue weighted by Crippen LogP contribution is 2.46. The van der Waals surface area contributed by atoms with Gasteiger partial charge < -0.3 is 14.6 Å². The molecule has 0 radical (unpaired) electrons. The third-order valence-corrected chi connectivity index (χ3v) is 5.18. The van der Waals surface area contributed by atoms with Crippen molar-refractivity contribution in [1.82, 2.24) is 0 Å². The normalized spacial score (nSPS) is 29.9. The highest BCUT2D eigenvalue weighted by atomic mass is 35.5. The Morgan fingerprint density at radius 3 is 2.87 bits per heavy atom. The van der Waals surface area contributed by atoms with Gasteiger partial charge in [0.25, 0.3) is 0 Å². The van der Waals surface area contributed by atoms with E-state index in [4.69, 9.17) is 26.3 Å². The zero-order chi connectivity index (χ0) is 16.8. The Balaban J connectivity index is 2.08. The first-order valence-electron chi connectivity index (χ1n) is 7.38. The molecule has 7 heteroatoms. The standard InChI is InChI=1S/C16H17ClN2O4/c1-9-11(6-5-10(8-18)13(9)17)19-14(22-2)16(23-15(19)21)7-3-4-12(16)20/h5-6,12,14,20H,3-4,7H2,1-2H3/t12-,14-,16-/m0/s1. The van der Waals surface area contributed by atoms with Crippen LogP contribution in [0.2, 0.25) is 5.02 Å². The molecule has 122 valence electrons. The van der Waals surface area contributed by atoms with Gasteiger partial charge in [0, 0.05) is 7.11 Å². The molecule has 1 heterocycles. The average molecular weight is 337 g/mol. The van der Waals surface area contributed by atoms with Crippen LogP contribution < -0.4 is 4.90 Å². The molecule has 0 unspecified atom stereocenters. The van der Waals surface area contributed by atoms with E-state index in [-0.39, 0.29) is 0 Å². The minimum Gasteiger partial charge on any atom is -0.435 e. The van der Waals surface area contributed by atoms with Crippen molar-refractivity contribution in [2.75, 3.05) is 12.0 Å². The molecular weight excluding hydrogens is 320 g/mol. The lowest BCUT2D eigenvalue weighted by molar-refractivity contribution is -0.107. The van der Waals surface area contributed by atoms with Gasteiger partial charge in [-0.2, -0.15) is 5.26 Å². The Labute approximate surface area is 139 Å². The highest BCUT2D eigenvalue weighted by Gasteiger charge is 2.61. The first kappa shape index (κ1) is 16.1. The smallest absolute Gasteiger partial charge is 0.417 e. The quantitative estimate of drug-likeness (QED) is 0.897. The van der Waals surface area contributed by atoms with Crippen molar-refractivity contribution in [3.8, 4) is 6.07 Å². The van der Waals surface area contributed by atoms with Crippen LogP contribution in [-0.2, 0) is 9.47 Å². The monoisotopic (exact) mass is 336 g/mol.